The second-order valence-corrected chi connectivity index (χ2v) is 5.42. The highest BCUT2D eigenvalue weighted by Crippen LogP contribution is 2.21. The van der Waals surface area contributed by atoms with Crippen LogP contribution in [0.4, 0.5) is 0 Å². The zero-order valence-corrected chi connectivity index (χ0v) is 12.6. The maximum absolute atomic E-state index is 12.6. The van der Waals surface area contributed by atoms with Crippen molar-refractivity contribution in [3.05, 3.63) is 54.4 Å². The molecular weight excluding hydrogens is 292 g/mol. The third-order valence-electron chi connectivity index (χ3n) is 3.98. The normalized spacial score (nSPS) is 15.0. The zero-order chi connectivity index (χ0) is 15.6. The van der Waals surface area contributed by atoms with Crippen LogP contribution in [0.2, 0.25) is 0 Å². The van der Waals surface area contributed by atoms with E-state index >= 15 is 0 Å². The van der Waals surface area contributed by atoms with Crippen LogP contribution in [-0.4, -0.2) is 51.7 Å². The number of hydrogen-bond acceptors (Lipinski definition) is 4. The van der Waals surface area contributed by atoms with Crippen molar-refractivity contribution in [3.8, 4) is 11.3 Å². The molecule has 0 atom stereocenters. The average Bonchev–Trinajstić information content (AvgIpc) is 3.06. The van der Waals surface area contributed by atoms with Gasteiger partial charge < -0.3 is 9.64 Å². The SMILES string of the molecule is O=C(c1cccc(-c2cnc3cccnn23)c1)N1CCOCC1. The topological polar surface area (TPSA) is 59.7 Å². The summed E-state index contributed by atoms with van der Waals surface area (Å²) >= 11 is 0. The Morgan fingerprint density at radius 2 is 2.00 bits per heavy atom. The molecule has 116 valence electrons. The number of carbonyl (C=O) groups excluding carboxylic acids is 1. The van der Waals surface area contributed by atoms with Crippen LogP contribution in [0.5, 0.6) is 0 Å². The predicted molar refractivity (Wildman–Crippen MR) is 85.1 cm³/mol. The molecular formula is C17H16N4O2. The molecule has 6 nitrogen and oxygen atoms in total. The molecule has 1 aromatic carbocycles. The Labute approximate surface area is 133 Å². The first-order valence-electron chi connectivity index (χ1n) is 7.59. The Balaban J connectivity index is 1.70. The lowest BCUT2D eigenvalue weighted by Gasteiger charge is -2.27. The molecule has 1 saturated heterocycles. The van der Waals surface area contributed by atoms with Crippen molar-refractivity contribution in [1.82, 2.24) is 19.5 Å². The number of rotatable bonds is 2. The first-order chi connectivity index (χ1) is 11.3. The van der Waals surface area contributed by atoms with E-state index in [0.29, 0.717) is 31.9 Å². The summed E-state index contributed by atoms with van der Waals surface area (Å²) < 4.78 is 7.08. The summed E-state index contributed by atoms with van der Waals surface area (Å²) in [5.41, 5.74) is 3.26. The second kappa shape index (κ2) is 5.81. The number of nitrogens with zero attached hydrogens (tertiary/aromatic N) is 4. The van der Waals surface area contributed by atoms with E-state index in [1.165, 1.54) is 0 Å². The monoisotopic (exact) mass is 308 g/mol. The van der Waals surface area contributed by atoms with E-state index in [-0.39, 0.29) is 5.91 Å². The van der Waals surface area contributed by atoms with E-state index in [0.717, 1.165) is 16.9 Å². The number of imidazole rings is 1. The molecule has 3 aromatic rings. The number of benzene rings is 1. The molecule has 1 aliphatic heterocycles. The highest BCUT2D eigenvalue weighted by Gasteiger charge is 2.19. The van der Waals surface area contributed by atoms with Crippen molar-refractivity contribution in [3.63, 3.8) is 0 Å². The summed E-state index contributed by atoms with van der Waals surface area (Å²) in [5, 5.41) is 4.32. The predicted octanol–water partition coefficient (Wildman–Crippen LogP) is 1.87. The number of fused-ring (bicyclic) bond motifs is 1. The van der Waals surface area contributed by atoms with Crippen molar-refractivity contribution in [1.29, 1.82) is 0 Å². The van der Waals surface area contributed by atoms with E-state index < -0.39 is 0 Å². The van der Waals surface area contributed by atoms with Crippen molar-refractivity contribution in [2.75, 3.05) is 26.3 Å². The van der Waals surface area contributed by atoms with Crippen LogP contribution in [-0.2, 0) is 4.74 Å². The lowest BCUT2D eigenvalue weighted by Crippen LogP contribution is -2.40. The summed E-state index contributed by atoms with van der Waals surface area (Å²) in [7, 11) is 0. The molecule has 1 aliphatic rings. The van der Waals surface area contributed by atoms with Gasteiger partial charge in [-0.1, -0.05) is 12.1 Å². The van der Waals surface area contributed by atoms with Gasteiger partial charge in [-0.05, 0) is 24.3 Å². The molecule has 0 spiro atoms. The number of aromatic nitrogens is 3. The van der Waals surface area contributed by atoms with Gasteiger partial charge in [0.2, 0.25) is 0 Å². The number of hydrogen-bond donors (Lipinski definition) is 0. The van der Waals surface area contributed by atoms with Gasteiger partial charge in [0, 0.05) is 30.4 Å². The van der Waals surface area contributed by atoms with Gasteiger partial charge in [-0.15, -0.1) is 0 Å². The van der Waals surface area contributed by atoms with E-state index in [1.54, 1.807) is 16.9 Å². The largest absolute Gasteiger partial charge is 0.378 e. The zero-order valence-electron chi connectivity index (χ0n) is 12.6. The van der Waals surface area contributed by atoms with E-state index in [4.69, 9.17) is 4.74 Å². The highest BCUT2D eigenvalue weighted by molar-refractivity contribution is 5.95. The first kappa shape index (κ1) is 13.9. The maximum Gasteiger partial charge on any atom is 0.254 e. The van der Waals surface area contributed by atoms with Gasteiger partial charge in [-0.25, -0.2) is 9.50 Å². The molecule has 23 heavy (non-hydrogen) atoms. The third kappa shape index (κ3) is 2.57. The summed E-state index contributed by atoms with van der Waals surface area (Å²) in [4.78, 5) is 18.8. The van der Waals surface area contributed by atoms with Crippen molar-refractivity contribution in [2.24, 2.45) is 0 Å². The van der Waals surface area contributed by atoms with Gasteiger partial charge in [0.05, 0.1) is 25.1 Å². The van der Waals surface area contributed by atoms with E-state index in [2.05, 4.69) is 10.1 Å². The molecule has 4 rings (SSSR count). The van der Waals surface area contributed by atoms with Gasteiger partial charge in [-0.2, -0.15) is 5.10 Å². The quantitative estimate of drug-likeness (QED) is 0.725. The molecule has 0 aliphatic carbocycles. The Morgan fingerprint density at radius 3 is 2.87 bits per heavy atom. The van der Waals surface area contributed by atoms with E-state index in [9.17, 15) is 4.79 Å². The van der Waals surface area contributed by atoms with Gasteiger partial charge in [0.25, 0.3) is 5.91 Å². The summed E-state index contributed by atoms with van der Waals surface area (Å²) in [6, 6.07) is 11.4. The lowest BCUT2D eigenvalue weighted by atomic mass is 10.1. The van der Waals surface area contributed by atoms with Crippen LogP contribution in [0, 0.1) is 0 Å². The fourth-order valence-electron chi connectivity index (χ4n) is 2.79. The standard InChI is InChI=1S/C17H16N4O2/c22-17(20-7-9-23-10-8-20)14-4-1-3-13(11-14)15-12-18-16-5-2-6-19-21(15)16/h1-6,11-12H,7-10H2. The molecule has 0 N–H and O–H groups in total. The van der Waals surface area contributed by atoms with Crippen LogP contribution in [0.3, 0.4) is 0 Å². The number of carbonyl (C=O) groups is 1. The van der Waals surface area contributed by atoms with Crippen LogP contribution >= 0.6 is 0 Å². The summed E-state index contributed by atoms with van der Waals surface area (Å²) in [5.74, 6) is 0.0388. The second-order valence-electron chi connectivity index (χ2n) is 5.42. The number of morpholine rings is 1. The Morgan fingerprint density at radius 1 is 1.13 bits per heavy atom. The minimum atomic E-state index is 0.0388. The molecule has 3 heterocycles. The Bertz CT molecular complexity index is 852. The van der Waals surface area contributed by atoms with Crippen LogP contribution in [0.15, 0.2) is 48.8 Å². The van der Waals surface area contributed by atoms with E-state index in [1.807, 2.05) is 41.3 Å². The molecule has 0 radical (unpaired) electrons. The molecule has 6 heteroatoms. The minimum Gasteiger partial charge on any atom is -0.378 e. The Hall–Kier alpha value is -2.73. The van der Waals surface area contributed by atoms with Crippen LogP contribution in [0.25, 0.3) is 16.9 Å². The minimum absolute atomic E-state index is 0.0388. The van der Waals surface area contributed by atoms with Gasteiger partial charge in [0.15, 0.2) is 5.65 Å². The van der Waals surface area contributed by atoms with Gasteiger partial charge in [-0.3, -0.25) is 4.79 Å². The maximum atomic E-state index is 12.6. The first-order valence-corrected chi connectivity index (χ1v) is 7.59. The molecule has 1 fully saturated rings. The smallest absolute Gasteiger partial charge is 0.254 e. The summed E-state index contributed by atoms with van der Waals surface area (Å²) in [6.45, 7) is 2.48. The number of amides is 1. The van der Waals surface area contributed by atoms with Gasteiger partial charge >= 0.3 is 0 Å². The fraction of sp³-hybridized carbons (Fsp3) is 0.235. The van der Waals surface area contributed by atoms with Crippen molar-refractivity contribution in [2.45, 2.75) is 0 Å². The summed E-state index contributed by atoms with van der Waals surface area (Å²) in [6.07, 6.45) is 3.50. The van der Waals surface area contributed by atoms with Crippen molar-refractivity contribution < 1.29 is 9.53 Å². The molecule has 0 saturated carbocycles. The molecule has 2 aromatic heterocycles. The third-order valence-corrected chi connectivity index (χ3v) is 3.98. The Kier molecular flexibility index (Phi) is 3.51. The highest BCUT2D eigenvalue weighted by atomic mass is 16.5. The number of ether oxygens (including phenoxy) is 1. The van der Waals surface area contributed by atoms with Crippen LogP contribution < -0.4 is 0 Å². The lowest BCUT2D eigenvalue weighted by molar-refractivity contribution is 0.0303. The average molecular weight is 308 g/mol. The fourth-order valence-corrected chi connectivity index (χ4v) is 2.79. The van der Waals surface area contributed by atoms with Crippen molar-refractivity contribution >= 4 is 11.6 Å². The molecule has 1 amide bonds. The van der Waals surface area contributed by atoms with Crippen LogP contribution in [0.1, 0.15) is 10.4 Å². The molecule has 0 bridgehead atoms. The molecule has 0 unspecified atom stereocenters. The van der Waals surface area contributed by atoms with Gasteiger partial charge in [0.1, 0.15) is 0 Å².